The molecule has 0 aromatic rings. The fraction of sp³-hybridized carbons (Fsp3) is 0.833. The zero-order chi connectivity index (χ0) is 8.15. The second-order valence-electron chi connectivity index (χ2n) is 2.29. The minimum Gasteiger partial charge on any atom is -0.353 e. The number of alkyl halides is 2. The lowest BCUT2D eigenvalue weighted by Gasteiger charge is -2.09. The van der Waals surface area contributed by atoms with Crippen LogP contribution in [0.3, 0.4) is 0 Å². The Labute approximate surface area is 70.9 Å². The van der Waals surface area contributed by atoms with Gasteiger partial charge in [-0.3, -0.25) is 4.79 Å². The number of hydrogen-bond donors (Lipinski definition) is 1. The third-order valence-electron chi connectivity index (χ3n) is 0.851. The molecule has 0 unspecified atom stereocenters. The highest BCUT2D eigenvalue weighted by Crippen LogP contribution is 1.98. The molecule has 0 aromatic heterocycles. The van der Waals surface area contributed by atoms with E-state index >= 15 is 0 Å². The molecule has 1 atom stereocenters. The SMILES string of the molecule is CC(C)NC(=O)[C@@H](Cl)CCl. The largest absolute Gasteiger partial charge is 0.353 e. The first kappa shape index (κ1) is 10.0. The molecule has 4 heteroatoms. The van der Waals surface area contributed by atoms with E-state index < -0.39 is 5.38 Å². The first-order chi connectivity index (χ1) is 4.57. The summed E-state index contributed by atoms with van der Waals surface area (Å²) >= 11 is 10.9. The standard InChI is InChI=1S/C6H11Cl2NO/c1-4(2)9-6(10)5(8)3-7/h4-5H,3H2,1-2H3,(H,9,10)/t5-/m0/s1. The van der Waals surface area contributed by atoms with Gasteiger partial charge in [0.1, 0.15) is 5.38 Å². The molecular formula is C6H11Cl2NO. The van der Waals surface area contributed by atoms with Gasteiger partial charge in [-0.2, -0.15) is 0 Å². The van der Waals surface area contributed by atoms with Crippen LogP contribution < -0.4 is 5.32 Å². The Balaban J connectivity index is 3.62. The van der Waals surface area contributed by atoms with Crippen LogP contribution in [0.15, 0.2) is 0 Å². The Hall–Kier alpha value is 0.0500. The number of halogens is 2. The Bertz CT molecular complexity index is 116. The van der Waals surface area contributed by atoms with Gasteiger partial charge in [0.05, 0.1) is 0 Å². The van der Waals surface area contributed by atoms with Gasteiger partial charge in [-0.05, 0) is 13.8 Å². The average molecular weight is 184 g/mol. The average Bonchev–Trinajstić information content (AvgIpc) is 1.85. The topological polar surface area (TPSA) is 29.1 Å². The fourth-order valence-electron chi connectivity index (χ4n) is 0.445. The molecule has 60 valence electrons. The number of amides is 1. The van der Waals surface area contributed by atoms with Crippen molar-refractivity contribution in [3.05, 3.63) is 0 Å². The van der Waals surface area contributed by atoms with E-state index in [9.17, 15) is 4.79 Å². The van der Waals surface area contributed by atoms with E-state index in [1.165, 1.54) is 0 Å². The van der Waals surface area contributed by atoms with Crippen molar-refractivity contribution in [2.75, 3.05) is 5.88 Å². The van der Waals surface area contributed by atoms with Crippen LogP contribution in [0.5, 0.6) is 0 Å². The number of carbonyl (C=O) groups excluding carboxylic acids is 1. The molecule has 0 aromatic carbocycles. The van der Waals surface area contributed by atoms with Gasteiger partial charge in [0, 0.05) is 11.9 Å². The predicted octanol–water partition coefficient (Wildman–Crippen LogP) is 1.36. The van der Waals surface area contributed by atoms with Crippen molar-refractivity contribution in [3.63, 3.8) is 0 Å². The molecule has 0 spiro atoms. The number of hydrogen-bond acceptors (Lipinski definition) is 1. The van der Waals surface area contributed by atoms with Gasteiger partial charge < -0.3 is 5.32 Å². The lowest BCUT2D eigenvalue weighted by atomic mass is 10.3. The molecule has 0 heterocycles. The minimum atomic E-state index is -0.607. The fourth-order valence-corrected chi connectivity index (χ4v) is 0.648. The van der Waals surface area contributed by atoms with E-state index in [2.05, 4.69) is 5.32 Å². The molecule has 0 saturated carbocycles. The van der Waals surface area contributed by atoms with Crippen molar-refractivity contribution in [2.45, 2.75) is 25.3 Å². The monoisotopic (exact) mass is 183 g/mol. The molecule has 0 rings (SSSR count). The zero-order valence-electron chi connectivity index (χ0n) is 6.03. The van der Waals surface area contributed by atoms with E-state index in [-0.39, 0.29) is 17.8 Å². The van der Waals surface area contributed by atoms with E-state index in [1.807, 2.05) is 13.8 Å². The molecule has 2 nitrogen and oxygen atoms in total. The number of carbonyl (C=O) groups is 1. The van der Waals surface area contributed by atoms with Gasteiger partial charge in [-0.25, -0.2) is 0 Å². The molecule has 0 saturated heterocycles. The van der Waals surface area contributed by atoms with Gasteiger partial charge in [0.2, 0.25) is 5.91 Å². The van der Waals surface area contributed by atoms with Crippen LogP contribution in [0.4, 0.5) is 0 Å². The van der Waals surface area contributed by atoms with Crippen molar-refractivity contribution >= 4 is 29.1 Å². The first-order valence-electron chi connectivity index (χ1n) is 3.08. The second kappa shape index (κ2) is 4.80. The van der Waals surface area contributed by atoms with Crippen LogP contribution in [0, 0.1) is 0 Å². The molecule has 1 N–H and O–H groups in total. The molecule has 0 aliphatic heterocycles. The Morgan fingerprint density at radius 2 is 2.10 bits per heavy atom. The summed E-state index contributed by atoms with van der Waals surface area (Å²) in [5.41, 5.74) is 0. The molecule has 1 amide bonds. The van der Waals surface area contributed by atoms with Gasteiger partial charge in [0.15, 0.2) is 0 Å². The van der Waals surface area contributed by atoms with Crippen molar-refractivity contribution < 1.29 is 4.79 Å². The van der Waals surface area contributed by atoms with E-state index in [0.29, 0.717) is 0 Å². The zero-order valence-corrected chi connectivity index (χ0v) is 7.54. The van der Waals surface area contributed by atoms with E-state index in [4.69, 9.17) is 23.2 Å². The van der Waals surface area contributed by atoms with Crippen LogP contribution >= 0.6 is 23.2 Å². The maximum atomic E-state index is 10.9. The van der Waals surface area contributed by atoms with Crippen molar-refractivity contribution in [1.29, 1.82) is 0 Å². The van der Waals surface area contributed by atoms with Crippen molar-refractivity contribution in [1.82, 2.24) is 5.32 Å². The predicted molar refractivity (Wildman–Crippen MR) is 43.6 cm³/mol. The third-order valence-corrected chi connectivity index (χ3v) is 1.67. The molecule has 0 aliphatic rings. The molecule has 0 radical (unpaired) electrons. The van der Waals surface area contributed by atoms with Crippen molar-refractivity contribution in [3.8, 4) is 0 Å². The van der Waals surface area contributed by atoms with Crippen LogP contribution in [0.25, 0.3) is 0 Å². The summed E-state index contributed by atoms with van der Waals surface area (Å²) in [5, 5.41) is 2.03. The number of rotatable bonds is 3. The number of nitrogens with one attached hydrogen (secondary N) is 1. The molecule has 0 fully saturated rings. The summed E-state index contributed by atoms with van der Waals surface area (Å²) in [7, 11) is 0. The second-order valence-corrected chi connectivity index (χ2v) is 3.12. The van der Waals surface area contributed by atoms with Gasteiger partial charge >= 0.3 is 0 Å². The maximum absolute atomic E-state index is 10.9. The Kier molecular flexibility index (Phi) is 4.83. The van der Waals surface area contributed by atoms with E-state index in [0.717, 1.165) is 0 Å². The summed E-state index contributed by atoms with van der Waals surface area (Å²) in [5.74, 6) is -0.0493. The quantitative estimate of drug-likeness (QED) is 0.659. The van der Waals surface area contributed by atoms with Crippen LogP contribution in [0.2, 0.25) is 0 Å². The summed E-state index contributed by atoms with van der Waals surface area (Å²) < 4.78 is 0. The van der Waals surface area contributed by atoms with Gasteiger partial charge in [-0.1, -0.05) is 0 Å². The normalized spacial score (nSPS) is 13.3. The molecule has 0 bridgehead atoms. The van der Waals surface area contributed by atoms with Crippen LogP contribution in [0.1, 0.15) is 13.8 Å². The smallest absolute Gasteiger partial charge is 0.239 e. The summed E-state index contributed by atoms with van der Waals surface area (Å²) in [4.78, 5) is 10.9. The minimum absolute atomic E-state index is 0.122. The van der Waals surface area contributed by atoms with Gasteiger partial charge in [-0.15, -0.1) is 23.2 Å². The highest BCUT2D eigenvalue weighted by atomic mass is 35.5. The van der Waals surface area contributed by atoms with E-state index in [1.54, 1.807) is 0 Å². The van der Waals surface area contributed by atoms with Gasteiger partial charge in [0.25, 0.3) is 0 Å². The highest BCUT2D eigenvalue weighted by molar-refractivity contribution is 6.36. The Morgan fingerprint density at radius 3 is 2.40 bits per heavy atom. The third kappa shape index (κ3) is 3.96. The maximum Gasteiger partial charge on any atom is 0.239 e. The molecule has 10 heavy (non-hydrogen) atoms. The summed E-state index contributed by atoms with van der Waals surface area (Å²) in [6.07, 6.45) is 0. The first-order valence-corrected chi connectivity index (χ1v) is 4.05. The highest BCUT2D eigenvalue weighted by Gasteiger charge is 2.13. The summed E-state index contributed by atoms with van der Waals surface area (Å²) in [6, 6.07) is 0.122. The molecule has 0 aliphatic carbocycles. The summed E-state index contributed by atoms with van der Waals surface area (Å²) in [6.45, 7) is 3.74. The van der Waals surface area contributed by atoms with Crippen LogP contribution in [-0.2, 0) is 4.79 Å². The lowest BCUT2D eigenvalue weighted by Crippen LogP contribution is -2.36. The van der Waals surface area contributed by atoms with Crippen LogP contribution in [-0.4, -0.2) is 23.2 Å². The Morgan fingerprint density at radius 1 is 1.60 bits per heavy atom. The molecular weight excluding hydrogens is 173 g/mol. The van der Waals surface area contributed by atoms with Crippen molar-refractivity contribution in [2.24, 2.45) is 0 Å². The lowest BCUT2D eigenvalue weighted by molar-refractivity contribution is -0.120.